The SMILES string of the molecule is COC1CC2CC1C1C(C(C)C)CCC21. The molecule has 6 unspecified atom stereocenters. The maximum Gasteiger partial charge on any atom is 0.0605 e. The zero-order valence-electron chi connectivity index (χ0n) is 10.3. The average molecular weight is 208 g/mol. The minimum Gasteiger partial charge on any atom is -0.381 e. The van der Waals surface area contributed by atoms with Gasteiger partial charge in [0.2, 0.25) is 0 Å². The lowest BCUT2D eigenvalue weighted by atomic mass is 9.73. The molecule has 0 radical (unpaired) electrons. The molecule has 0 aliphatic heterocycles. The van der Waals surface area contributed by atoms with Crippen LogP contribution in [-0.2, 0) is 4.74 Å². The minimum atomic E-state index is 0.607. The van der Waals surface area contributed by atoms with Crippen LogP contribution >= 0.6 is 0 Å². The molecule has 3 aliphatic rings. The van der Waals surface area contributed by atoms with E-state index in [0.717, 1.165) is 35.5 Å². The van der Waals surface area contributed by atoms with Crippen LogP contribution in [0.5, 0.6) is 0 Å². The first-order valence-electron chi connectivity index (χ1n) is 6.75. The lowest BCUT2D eigenvalue weighted by Gasteiger charge is -2.35. The maximum absolute atomic E-state index is 5.68. The van der Waals surface area contributed by atoms with Gasteiger partial charge in [-0.25, -0.2) is 0 Å². The van der Waals surface area contributed by atoms with Crippen LogP contribution in [0.4, 0.5) is 0 Å². The number of rotatable bonds is 2. The minimum absolute atomic E-state index is 0.607. The molecule has 0 spiro atoms. The van der Waals surface area contributed by atoms with Crippen LogP contribution < -0.4 is 0 Å². The van der Waals surface area contributed by atoms with Gasteiger partial charge in [0.05, 0.1) is 6.10 Å². The van der Waals surface area contributed by atoms with E-state index in [2.05, 4.69) is 13.8 Å². The van der Waals surface area contributed by atoms with Crippen molar-refractivity contribution in [1.29, 1.82) is 0 Å². The largest absolute Gasteiger partial charge is 0.381 e. The Bertz CT molecular complexity index is 248. The molecule has 0 N–H and O–H groups in total. The fourth-order valence-corrected chi connectivity index (χ4v) is 5.15. The number of hydrogen-bond donors (Lipinski definition) is 0. The molecule has 3 aliphatic carbocycles. The van der Waals surface area contributed by atoms with E-state index >= 15 is 0 Å². The second-order valence-electron chi connectivity index (χ2n) is 6.40. The molecule has 0 aromatic carbocycles. The molecule has 1 heteroatoms. The molecule has 3 rings (SSSR count). The molecular formula is C14H24O. The average Bonchev–Trinajstić information content (AvgIpc) is 2.87. The summed E-state index contributed by atoms with van der Waals surface area (Å²) < 4.78 is 5.68. The Hall–Kier alpha value is -0.0400. The predicted octanol–water partition coefficient (Wildman–Crippen LogP) is 3.34. The molecule has 2 bridgehead atoms. The van der Waals surface area contributed by atoms with Crippen molar-refractivity contribution in [2.45, 2.75) is 45.6 Å². The van der Waals surface area contributed by atoms with E-state index in [9.17, 15) is 0 Å². The Balaban J connectivity index is 1.82. The van der Waals surface area contributed by atoms with Crippen LogP contribution in [0.2, 0.25) is 0 Å². The first kappa shape index (κ1) is 10.1. The second-order valence-corrected chi connectivity index (χ2v) is 6.40. The van der Waals surface area contributed by atoms with Gasteiger partial charge in [0.1, 0.15) is 0 Å². The highest BCUT2D eigenvalue weighted by Crippen LogP contribution is 2.62. The molecule has 0 aromatic rings. The number of fused-ring (bicyclic) bond motifs is 5. The van der Waals surface area contributed by atoms with E-state index < -0.39 is 0 Å². The van der Waals surface area contributed by atoms with Gasteiger partial charge in [-0.15, -0.1) is 0 Å². The van der Waals surface area contributed by atoms with Crippen LogP contribution in [0.1, 0.15) is 39.5 Å². The summed E-state index contributed by atoms with van der Waals surface area (Å²) in [4.78, 5) is 0. The van der Waals surface area contributed by atoms with Crippen molar-refractivity contribution >= 4 is 0 Å². The second kappa shape index (κ2) is 3.48. The Morgan fingerprint density at radius 3 is 2.53 bits per heavy atom. The molecule has 0 heterocycles. The molecular weight excluding hydrogens is 184 g/mol. The fraction of sp³-hybridized carbons (Fsp3) is 1.00. The normalized spacial score (nSPS) is 52.8. The molecule has 3 saturated carbocycles. The summed E-state index contributed by atoms with van der Waals surface area (Å²) in [6.07, 6.45) is 6.47. The van der Waals surface area contributed by atoms with Crippen LogP contribution in [0.3, 0.4) is 0 Å². The summed E-state index contributed by atoms with van der Waals surface area (Å²) in [6, 6.07) is 0. The molecule has 6 atom stereocenters. The van der Waals surface area contributed by atoms with Crippen molar-refractivity contribution in [3.05, 3.63) is 0 Å². The van der Waals surface area contributed by atoms with Gasteiger partial charge in [0.25, 0.3) is 0 Å². The van der Waals surface area contributed by atoms with E-state index in [4.69, 9.17) is 4.74 Å². The Labute approximate surface area is 93.6 Å². The number of ether oxygens (including phenoxy) is 1. The quantitative estimate of drug-likeness (QED) is 0.676. The van der Waals surface area contributed by atoms with E-state index in [1.165, 1.54) is 25.7 Å². The van der Waals surface area contributed by atoms with Crippen LogP contribution in [0.25, 0.3) is 0 Å². The van der Waals surface area contributed by atoms with E-state index in [0.29, 0.717) is 6.10 Å². The third kappa shape index (κ3) is 1.32. The molecule has 3 fully saturated rings. The Morgan fingerprint density at radius 1 is 1.07 bits per heavy atom. The highest BCUT2D eigenvalue weighted by molar-refractivity contribution is 5.06. The van der Waals surface area contributed by atoms with Crippen molar-refractivity contribution in [2.75, 3.05) is 7.11 Å². The fourth-order valence-electron chi connectivity index (χ4n) is 5.15. The maximum atomic E-state index is 5.68. The molecule has 1 nitrogen and oxygen atoms in total. The summed E-state index contributed by atoms with van der Waals surface area (Å²) in [5, 5.41) is 0. The van der Waals surface area contributed by atoms with Gasteiger partial charge >= 0.3 is 0 Å². The number of hydrogen-bond acceptors (Lipinski definition) is 1. The molecule has 0 saturated heterocycles. The molecule has 86 valence electrons. The highest BCUT2D eigenvalue weighted by atomic mass is 16.5. The predicted molar refractivity (Wildman–Crippen MR) is 61.6 cm³/mol. The van der Waals surface area contributed by atoms with Gasteiger partial charge in [0, 0.05) is 7.11 Å². The van der Waals surface area contributed by atoms with E-state index in [1.54, 1.807) is 0 Å². The first-order chi connectivity index (χ1) is 7.22. The van der Waals surface area contributed by atoms with Gasteiger partial charge in [-0.1, -0.05) is 13.8 Å². The van der Waals surface area contributed by atoms with Crippen molar-refractivity contribution in [1.82, 2.24) is 0 Å². The third-order valence-electron chi connectivity index (χ3n) is 5.67. The molecule has 0 amide bonds. The van der Waals surface area contributed by atoms with Crippen molar-refractivity contribution in [2.24, 2.45) is 35.5 Å². The van der Waals surface area contributed by atoms with Crippen molar-refractivity contribution in [3.63, 3.8) is 0 Å². The van der Waals surface area contributed by atoms with Crippen LogP contribution in [0, 0.1) is 35.5 Å². The van der Waals surface area contributed by atoms with E-state index in [1.807, 2.05) is 7.11 Å². The lowest BCUT2D eigenvalue weighted by Crippen LogP contribution is -2.34. The van der Waals surface area contributed by atoms with Gasteiger partial charge in [-0.3, -0.25) is 0 Å². The summed E-state index contributed by atoms with van der Waals surface area (Å²) in [5.41, 5.74) is 0. The van der Waals surface area contributed by atoms with Crippen LogP contribution in [-0.4, -0.2) is 13.2 Å². The highest BCUT2D eigenvalue weighted by Gasteiger charge is 2.57. The standard InChI is InChI=1S/C14H24O/c1-8(2)10-4-5-11-9-6-12(14(10)11)13(7-9)15-3/h8-14H,4-7H2,1-3H3. The molecule has 15 heavy (non-hydrogen) atoms. The zero-order chi connectivity index (χ0) is 10.6. The Morgan fingerprint density at radius 2 is 1.87 bits per heavy atom. The van der Waals surface area contributed by atoms with Gasteiger partial charge in [-0.05, 0) is 61.2 Å². The van der Waals surface area contributed by atoms with Gasteiger partial charge < -0.3 is 4.74 Å². The van der Waals surface area contributed by atoms with Crippen LogP contribution in [0.15, 0.2) is 0 Å². The van der Waals surface area contributed by atoms with Gasteiger partial charge in [0.15, 0.2) is 0 Å². The van der Waals surface area contributed by atoms with Crippen molar-refractivity contribution < 1.29 is 4.74 Å². The van der Waals surface area contributed by atoms with Crippen molar-refractivity contribution in [3.8, 4) is 0 Å². The smallest absolute Gasteiger partial charge is 0.0605 e. The summed E-state index contributed by atoms with van der Waals surface area (Å²) in [7, 11) is 1.92. The molecule has 0 aromatic heterocycles. The third-order valence-corrected chi connectivity index (χ3v) is 5.67. The topological polar surface area (TPSA) is 9.23 Å². The first-order valence-corrected chi connectivity index (χ1v) is 6.75. The van der Waals surface area contributed by atoms with E-state index in [-0.39, 0.29) is 0 Å². The van der Waals surface area contributed by atoms with Gasteiger partial charge in [-0.2, -0.15) is 0 Å². The summed E-state index contributed by atoms with van der Waals surface area (Å²) >= 11 is 0. The Kier molecular flexibility index (Phi) is 2.35. The lowest BCUT2D eigenvalue weighted by molar-refractivity contribution is 0.00637. The summed E-state index contributed by atoms with van der Waals surface area (Å²) in [5.74, 6) is 5.93. The zero-order valence-corrected chi connectivity index (χ0v) is 10.3. The number of methoxy groups -OCH3 is 1. The summed E-state index contributed by atoms with van der Waals surface area (Å²) in [6.45, 7) is 4.84. The monoisotopic (exact) mass is 208 g/mol.